The molecule has 3 heteroatoms. The number of hydrogen-bond donors (Lipinski definition) is 1. The molecule has 1 nitrogen and oxygen atoms in total. The van der Waals surface area contributed by atoms with Crippen molar-refractivity contribution in [3.05, 3.63) is 54.6 Å². The smallest absolute Gasteiger partial charge is 0.134 e. The van der Waals surface area contributed by atoms with Crippen LogP contribution in [0.3, 0.4) is 0 Å². The predicted molar refractivity (Wildman–Crippen MR) is 77.6 cm³/mol. The lowest BCUT2D eigenvalue weighted by atomic mass is 10.1. The molecule has 0 spiro atoms. The molecule has 0 saturated carbocycles. The molecule has 0 amide bonds. The summed E-state index contributed by atoms with van der Waals surface area (Å²) >= 11 is 12.2. The number of hydrogen-bond acceptors (Lipinski definition) is 1. The average molecular weight is 270 g/mol. The van der Waals surface area contributed by atoms with E-state index in [2.05, 4.69) is 11.9 Å². The fourth-order valence-electron chi connectivity index (χ4n) is 1.40. The van der Waals surface area contributed by atoms with Crippen molar-refractivity contribution < 1.29 is 0 Å². The lowest BCUT2D eigenvalue weighted by Crippen LogP contribution is -2.40. The summed E-state index contributed by atoms with van der Waals surface area (Å²) in [5.41, 5.74) is 1.12. The van der Waals surface area contributed by atoms with E-state index in [-0.39, 0.29) is 6.04 Å². The molecule has 0 fully saturated rings. The fourth-order valence-corrected chi connectivity index (χ4v) is 1.70. The lowest BCUT2D eigenvalue weighted by molar-refractivity contribution is 0.591. The Morgan fingerprint density at radius 3 is 2.53 bits per heavy atom. The van der Waals surface area contributed by atoms with Gasteiger partial charge in [-0.05, 0) is 12.5 Å². The van der Waals surface area contributed by atoms with E-state index in [4.69, 9.17) is 23.2 Å². The Kier molecular flexibility index (Phi) is 5.76. The summed E-state index contributed by atoms with van der Waals surface area (Å²) < 4.78 is -0.853. The van der Waals surface area contributed by atoms with E-state index < -0.39 is 4.33 Å². The Labute approximate surface area is 113 Å². The molecule has 0 aromatic heterocycles. The van der Waals surface area contributed by atoms with Crippen LogP contribution in [0.4, 0.5) is 0 Å². The van der Waals surface area contributed by atoms with Crippen LogP contribution in [-0.2, 0) is 0 Å². The molecule has 0 bridgehead atoms. The van der Waals surface area contributed by atoms with Gasteiger partial charge >= 0.3 is 0 Å². The number of halogens is 2. The molecule has 0 aliphatic carbocycles. The first kappa shape index (κ1) is 14.3. The van der Waals surface area contributed by atoms with E-state index in [1.165, 1.54) is 0 Å². The summed E-state index contributed by atoms with van der Waals surface area (Å²) in [6.07, 6.45) is 5.76. The zero-order valence-electron chi connectivity index (χ0n) is 9.87. The SMILES string of the molecule is C=CCNC(/C=C/c1ccccc1)C(C)(Cl)Cl. The molecule has 0 heterocycles. The Bertz CT molecular complexity index is 366. The lowest BCUT2D eigenvalue weighted by Gasteiger charge is -2.24. The van der Waals surface area contributed by atoms with E-state index in [1.54, 1.807) is 13.0 Å². The zero-order chi connectivity index (χ0) is 12.7. The van der Waals surface area contributed by atoms with Crippen molar-refractivity contribution in [1.29, 1.82) is 0 Å². The second-order valence-electron chi connectivity index (χ2n) is 3.90. The van der Waals surface area contributed by atoms with Crippen molar-refractivity contribution in [3.63, 3.8) is 0 Å². The molecular formula is C14H17Cl2N. The Balaban J connectivity index is 2.72. The molecule has 1 rings (SSSR count). The van der Waals surface area contributed by atoms with Gasteiger partial charge in [-0.25, -0.2) is 0 Å². The van der Waals surface area contributed by atoms with Crippen LogP contribution >= 0.6 is 23.2 Å². The largest absolute Gasteiger partial charge is 0.304 e. The van der Waals surface area contributed by atoms with Gasteiger partial charge in [-0.15, -0.1) is 6.58 Å². The van der Waals surface area contributed by atoms with Gasteiger partial charge in [0.25, 0.3) is 0 Å². The molecule has 1 aromatic rings. The number of alkyl halides is 2. The normalized spacial score (nSPS) is 13.8. The van der Waals surface area contributed by atoms with E-state index in [9.17, 15) is 0 Å². The zero-order valence-corrected chi connectivity index (χ0v) is 11.4. The summed E-state index contributed by atoms with van der Waals surface area (Å²) in [5.74, 6) is 0. The molecule has 0 aliphatic rings. The molecule has 0 aliphatic heterocycles. The Hall–Kier alpha value is -0.760. The highest BCUT2D eigenvalue weighted by molar-refractivity contribution is 6.48. The molecule has 17 heavy (non-hydrogen) atoms. The summed E-state index contributed by atoms with van der Waals surface area (Å²) in [5, 5.41) is 3.21. The molecule has 92 valence electrons. The average Bonchev–Trinajstić information content (AvgIpc) is 2.29. The van der Waals surface area contributed by atoms with Crippen LogP contribution in [0.2, 0.25) is 0 Å². The highest BCUT2D eigenvalue weighted by Crippen LogP contribution is 2.25. The standard InChI is InChI=1S/C14H17Cl2N/c1-3-11-17-13(14(2,15)16)10-9-12-7-5-4-6-8-12/h3-10,13,17H,1,11H2,2H3/b10-9+. The maximum atomic E-state index is 6.12. The second-order valence-corrected chi connectivity index (χ2v) is 5.66. The van der Waals surface area contributed by atoms with Crippen molar-refractivity contribution >= 4 is 29.3 Å². The number of nitrogens with one attached hydrogen (secondary N) is 1. The van der Waals surface area contributed by atoms with Crippen molar-refractivity contribution in [3.8, 4) is 0 Å². The van der Waals surface area contributed by atoms with Crippen molar-refractivity contribution in [1.82, 2.24) is 5.32 Å². The summed E-state index contributed by atoms with van der Waals surface area (Å²) in [7, 11) is 0. The summed E-state index contributed by atoms with van der Waals surface area (Å²) in [4.78, 5) is 0. The first-order chi connectivity index (χ1) is 8.04. The monoisotopic (exact) mass is 269 g/mol. The second kappa shape index (κ2) is 6.85. The maximum Gasteiger partial charge on any atom is 0.134 e. The third-order valence-electron chi connectivity index (χ3n) is 2.31. The van der Waals surface area contributed by atoms with Gasteiger partial charge in [-0.2, -0.15) is 0 Å². The molecule has 1 aromatic carbocycles. The predicted octanol–water partition coefficient (Wildman–Crippen LogP) is 4.04. The van der Waals surface area contributed by atoms with E-state index in [0.717, 1.165) is 5.56 Å². The van der Waals surface area contributed by atoms with Gasteiger partial charge in [0, 0.05) is 6.54 Å². The highest BCUT2D eigenvalue weighted by atomic mass is 35.5. The third-order valence-corrected chi connectivity index (χ3v) is 2.78. The van der Waals surface area contributed by atoms with Gasteiger partial charge in [0.1, 0.15) is 4.33 Å². The van der Waals surface area contributed by atoms with E-state index in [0.29, 0.717) is 6.54 Å². The minimum Gasteiger partial charge on any atom is -0.304 e. The first-order valence-electron chi connectivity index (χ1n) is 5.49. The van der Waals surface area contributed by atoms with Gasteiger partial charge < -0.3 is 5.32 Å². The molecule has 1 atom stereocenters. The fraction of sp³-hybridized carbons (Fsp3) is 0.286. The minimum absolute atomic E-state index is 0.121. The number of rotatable bonds is 6. The van der Waals surface area contributed by atoms with E-state index >= 15 is 0 Å². The van der Waals surface area contributed by atoms with Crippen molar-refractivity contribution in [2.24, 2.45) is 0 Å². The maximum absolute atomic E-state index is 6.12. The van der Waals surface area contributed by atoms with Crippen molar-refractivity contribution in [2.75, 3.05) is 6.54 Å². The van der Waals surface area contributed by atoms with Gasteiger partial charge in [0.05, 0.1) is 6.04 Å². The van der Waals surface area contributed by atoms with Crippen LogP contribution in [0.15, 0.2) is 49.1 Å². The Morgan fingerprint density at radius 1 is 1.35 bits per heavy atom. The molecule has 0 radical (unpaired) electrons. The first-order valence-corrected chi connectivity index (χ1v) is 6.25. The number of benzene rings is 1. The van der Waals surface area contributed by atoms with Crippen LogP contribution in [-0.4, -0.2) is 16.9 Å². The molecule has 1 N–H and O–H groups in total. The molecule has 1 unspecified atom stereocenters. The van der Waals surface area contributed by atoms with Crippen LogP contribution in [0.1, 0.15) is 12.5 Å². The minimum atomic E-state index is -0.853. The van der Waals surface area contributed by atoms with Gasteiger partial charge in [-0.1, -0.05) is 71.8 Å². The van der Waals surface area contributed by atoms with Crippen LogP contribution in [0.25, 0.3) is 6.08 Å². The van der Waals surface area contributed by atoms with Crippen LogP contribution in [0.5, 0.6) is 0 Å². The Morgan fingerprint density at radius 2 is 2.00 bits per heavy atom. The quantitative estimate of drug-likeness (QED) is 0.607. The van der Waals surface area contributed by atoms with Crippen molar-refractivity contribution in [2.45, 2.75) is 17.3 Å². The highest BCUT2D eigenvalue weighted by Gasteiger charge is 2.26. The van der Waals surface area contributed by atoms with Crippen LogP contribution < -0.4 is 5.32 Å². The third kappa shape index (κ3) is 5.40. The van der Waals surface area contributed by atoms with Gasteiger partial charge in [0.15, 0.2) is 0 Å². The molecule has 0 saturated heterocycles. The van der Waals surface area contributed by atoms with Crippen LogP contribution in [0, 0.1) is 0 Å². The summed E-state index contributed by atoms with van der Waals surface area (Å²) in [6, 6.07) is 9.91. The molecular weight excluding hydrogens is 253 g/mol. The van der Waals surface area contributed by atoms with Gasteiger partial charge in [-0.3, -0.25) is 0 Å². The van der Waals surface area contributed by atoms with E-state index in [1.807, 2.05) is 42.5 Å². The topological polar surface area (TPSA) is 12.0 Å². The van der Waals surface area contributed by atoms with Gasteiger partial charge in [0.2, 0.25) is 0 Å². The summed E-state index contributed by atoms with van der Waals surface area (Å²) in [6.45, 7) is 6.10.